The van der Waals surface area contributed by atoms with Crippen LogP contribution in [0.1, 0.15) is 30.0 Å². The van der Waals surface area contributed by atoms with Gasteiger partial charge < -0.3 is 10.1 Å². The van der Waals surface area contributed by atoms with Crippen molar-refractivity contribution in [3.8, 4) is 17.0 Å². The molecule has 0 spiro atoms. The monoisotopic (exact) mass is 390 g/mol. The Morgan fingerprint density at radius 3 is 2.76 bits per heavy atom. The van der Waals surface area contributed by atoms with Gasteiger partial charge >= 0.3 is 0 Å². The molecule has 0 unspecified atom stereocenters. The number of hydrogen-bond donors (Lipinski definition) is 2. The summed E-state index contributed by atoms with van der Waals surface area (Å²) in [6.07, 6.45) is 2.10. The van der Waals surface area contributed by atoms with Crippen molar-refractivity contribution in [2.75, 3.05) is 7.11 Å². The molecule has 29 heavy (non-hydrogen) atoms. The molecule has 1 amide bonds. The summed E-state index contributed by atoms with van der Waals surface area (Å²) in [5.41, 5.74) is 4.17. The first-order valence-electron chi connectivity index (χ1n) is 9.34. The largest absolute Gasteiger partial charge is 0.497 e. The van der Waals surface area contributed by atoms with Gasteiger partial charge in [0.05, 0.1) is 25.3 Å². The number of aromatic amines is 1. The molecule has 4 rings (SSSR count). The summed E-state index contributed by atoms with van der Waals surface area (Å²) in [5.74, 6) is 1.35. The highest BCUT2D eigenvalue weighted by atomic mass is 16.5. The van der Waals surface area contributed by atoms with Crippen LogP contribution >= 0.6 is 0 Å². The summed E-state index contributed by atoms with van der Waals surface area (Å²) in [6.45, 7) is 3.81. The minimum Gasteiger partial charge on any atom is -0.497 e. The average Bonchev–Trinajstić information content (AvgIpc) is 3.32. The van der Waals surface area contributed by atoms with E-state index in [0.717, 1.165) is 33.9 Å². The third-order valence-corrected chi connectivity index (χ3v) is 4.88. The third kappa shape index (κ3) is 3.69. The van der Waals surface area contributed by atoms with Crippen molar-refractivity contribution in [3.63, 3.8) is 0 Å². The molecule has 4 aromatic rings. The third-order valence-electron chi connectivity index (χ3n) is 4.88. The molecule has 3 aromatic heterocycles. The second kappa shape index (κ2) is 7.75. The molecule has 0 saturated carbocycles. The summed E-state index contributed by atoms with van der Waals surface area (Å²) < 4.78 is 7.08. The van der Waals surface area contributed by atoms with E-state index in [9.17, 15) is 4.79 Å². The Labute approximate surface area is 167 Å². The van der Waals surface area contributed by atoms with Crippen molar-refractivity contribution >= 4 is 11.6 Å². The highest BCUT2D eigenvalue weighted by Gasteiger charge is 2.19. The van der Waals surface area contributed by atoms with E-state index in [-0.39, 0.29) is 18.4 Å². The van der Waals surface area contributed by atoms with Crippen molar-refractivity contribution in [1.82, 2.24) is 30.1 Å². The van der Waals surface area contributed by atoms with Gasteiger partial charge in [-0.15, -0.1) is 10.2 Å². The van der Waals surface area contributed by atoms with Gasteiger partial charge in [0.2, 0.25) is 5.91 Å². The molecule has 0 fully saturated rings. The summed E-state index contributed by atoms with van der Waals surface area (Å²) >= 11 is 0. The van der Waals surface area contributed by atoms with Crippen molar-refractivity contribution in [2.24, 2.45) is 0 Å². The average molecular weight is 390 g/mol. The number of benzene rings is 1. The fourth-order valence-corrected chi connectivity index (χ4v) is 3.33. The highest BCUT2D eigenvalue weighted by molar-refractivity contribution is 5.82. The summed E-state index contributed by atoms with van der Waals surface area (Å²) in [4.78, 5) is 12.8. The fraction of sp³-hybridized carbons (Fsp3) is 0.238. The Kier molecular flexibility index (Phi) is 4.99. The van der Waals surface area contributed by atoms with Gasteiger partial charge in [-0.1, -0.05) is 6.07 Å². The van der Waals surface area contributed by atoms with E-state index >= 15 is 0 Å². The van der Waals surface area contributed by atoms with E-state index in [0.29, 0.717) is 5.82 Å². The second-order valence-corrected chi connectivity index (χ2v) is 6.86. The standard InChI is InChI=1S/C21H22N6O2/c1-13-17(20(25-23-13)15-7-9-16(29-3)10-8-15)12-19(28)22-14(2)21-26-24-18-6-4-5-11-27(18)21/h4-11,14H,12H2,1-3H3,(H,22,28)(H,23,25)/t14-/m1/s1. The number of ether oxygens (including phenoxy) is 1. The fourth-order valence-electron chi connectivity index (χ4n) is 3.33. The van der Waals surface area contributed by atoms with Crippen LogP contribution in [0.2, 0.25) is 0 Å². The molecule has 148 valence electrons. The van der Waals surface area contributed by atoms with Crippen LogP contribution in [0.4, 0.5) is 0 Å². The van der Waals surface area contributed by atoms with E-state index in [4.69, 9.17) is 4.74 Å². The molecule has 1 atom stereocenters. The van der Waals surface area contributed by atoms with Crippen LogP contribution in [0.3, 0.4) is 0 Å². The van der Waals surface area contributed by atoms with Crippen LogP contribution in [0.15, 0.2) is 48.7 Å². The van der Waals surface area contributed by atoms with Crippen LogP contribution in [0, 0.1) is 6.92 Å². The maximum Gasteiger partial charge on any atom is 0.225 e. The number of hydrogen-bond acceptors (Lipinski definition) is 5. The number of fused-ring (bicyclic) bond motifs is 1. The van der Waals surface area contributed by atoms with Gasteiger partial charge in [0, 0.05) is 23.0 Å². The van der Waals surface area contributed by atoms with Gasteiger partial charge in [0.15, 0.2) is 11.5 Å². The first kappa shape index (κ1) is 18.7. The van der Waals surface area contributed by atoms with Gasteiger partial charge in [0.1, 0.15) is 5.75 Å². The second-order valence-electron chi connectivity index (χ2n) is 6.86. The number of H-pyrrole nitrogens is 1. The Balaban J connectivity index is 1.52. The highest BCUT2D eigenvalue weighted by Crippen LogP contribution is 2.26. The summed E-state index contributed by atoms with van der Waals surface area (Å²) in [7, 11) is 1.63. The number of nitrogens with one attached hydrogen (secondary N) is 2. The first-order valence-corrected chi connectivity index (χ1v) is 9.34. The van der Waals surface area contributed by atoms with Crippen molar-refractivity contribution in [1.29, 1.82) is 0 Å². The Morgan fingerprint density at radius 1 is 1.21 bits per heavy atom. The number of nitrogens with zero attached hydrogens (tertiary/aromatic N) is 4. The SMILES string of the molecule is COc1ccc(-c2n[nH]c(C)c2CC(=O)N[C@H](C)c2nnc3ccccn23)cc1. The Bertz CT molecular complexity index is 1150. The zero-order chi connectivity index (χ0) is 20.4. The lowest BCUT2D eigenvalue weighted by atomic mass is 10.0. The first-order chi connectivity index (χ1) is 14.1. The van der Waals surface area contributed by atoms with Gasteiger partial charge in [-0.05, 0) is 50.2 Å². The lowest BCUT2D eigenvalue weighted by molar-refractivity contribution is -0.121. The van der Waals surface area contributed by atoms with E-state index in [1.165, 1.54) is 0 Å². The molecule has 0 saturated heterocycles. The molecule has 0 aliphatic rings. The number of pyridine rings is 1. The molecule has 8 nitrogen and oxygen atoms in total. The molecular weight excluding hydrogens is 368 g/mol. The zero-order valence-corrected chi connectivity index (χ0v) is 16.5. The van der Waals surface area contributed by atoms with Gasteiger partial charge in [-0.25, -0.2) is 0 Å². The molecule has 8 heteroatoms. The van der Waals surface area contributed by atoms with Crippen molar-refractivity contribution < 1.29 is 9.53 Å². The van der Waals surface area contributed by atoms with Crippen LogP contribution in [-0.2, 0) is 11.2 Å². The van der Waals surface area contributed by atoms with Crippen molar-refractivity contribution in [3.05, 3.63) is 65.7 Å². The smallest absolute Gasteiger partial charge is 0.225 e. The lowest BCUT2D eigenvalue weighted by Gasteiger charge is -2.13. The molecule has 1 aromatic carbocycles. The summed E-state index contributed by atoms with van der Waals surface area (Å²) in [5, 5.41) is 18.7. The minimum atomic E-state index is -0.281. The van der Waals surface area contributed by atoms with Crippen LogP contribution in [-0.4, -0.2) is 37.8 Å². The number of rotatable bonds is 6. The van der Waals surface area contributed by atoms with E-state index in [1.54, 1.807) is 7.11 Å². The number of amides is 1. The van der Waals surface area contributed by atoms with E-state index in [1.807, 2.05) is 66.9 Å². The van der Waals surface area contributed by atoms with Crippen LogP contribution in [0.25, 0.3) is 16.9 Å². The molecule has 3 heterocycles. The molecule has 0 aliphatic heterocycles. The topological polar surface area (TPSA) is 97.2 Å². The Hall–Kier alpha value is -3.68. The summed E-state index contributed by atoms with van der Waals surface area (Å²) in [6, 6.07) is 13.0. The molecule has 0 aliphatic carbocycles. The maximum absolute atomic E-state index is 12.8. The molecule has 0 bridgehead atoms. The number of carbonyl (C=O) groups excluding carboxylic acids is 1. The van der Waals surface area contributed by atoms with Gasteiger partial charge in [-0.2, -0.15) is 5.10 Å². The molecule has 2 N–H and O–H groups in total. The van der Waals surface area contributed by atoms with Gasteiger partial charge in [-0.3, -0.25) is 14.3 Å². The molecular formula is C21H22N6O2. The quantitative estimate of drug-likeness (QED) is 0.528. The number of aromatic nitrogens is 5. The van der Waals surface area contributed by atoms with Crippen LogP contribution < -0.4 is 10.1 Å². The minimum absolute atomic E-state index is 0.107. The number of aryl methyl sites for hydroxylation is 1. The van der Waals surface area contributed by atoms with E-state index < -0.39 is 0 Å². The van der Waals surface area contributed by atoms with E-state index in [2.05, 4.69) is 25.7 Å². The predicted molar refractivity (Wildman–Crippen MR) is 109 cm³/mol. The molecule has 0 radical (unpaired) electrons. The Morgan fingerprint density at radius 2 is 2.00 bits per heavy atom. The van der Waals surface area contributed by atoms with Crippen LogP contribution in [0.5, 0.6) is 5.75 Å². The predicted octanol–water partition coefficient (Wildman–Crippen LogP) is 2.86. The normalized spacial score (nSPS) is 12.1. The number of carbonyl (C=O) groups is 1. The van der Waals surface area contributed by atoms with Gasteiger partial charge in [0.25, 0.3) is 0 Å². The maximum atomic E-state index is 12.8. The zero-order valence-electron chi connectivity index (χ0n) is 16.5. The number of methoxy groups -OCH3 is 1. The van der Waals surface area contributed by atoms with Crippen molar-refractivity contribution in [2.45, 2.75) is 26.3 Å². The lowest BCUT2D eigenvalue weighted by Crippen LogP contribution is -2.29.